The number of carbonyl (C=O) groups excluding carboxylic acids is 3. The van der Waals surface area contributed by atoms with Gasteiger partial charge in [-0.2, -0.15) is 0 Å². The molecule has 4 heterocycles. The lowest BCUT2D eigenvalue weighted by atomic mass is 9.87. The second-order valence-electron chi connectivity index (χ2n) is 8.89. The molecule has 3 aliphatic rings. The van der Waals surface area contributed by atoms with Crippen molar-refractivity contribution in [1.29, 1.82) is 0 Å². The van der Waals surface area contributed by atoms with Crippen molar-refractivity contribution in [3.63, 3.8) is 0 Å². The normalized spacial score (nSPS) is 24.4. The van der Waals surface area contributed by atoms with Crippen LogP contribution in [0, 0.1) is 28.9 Å². The summed E-state index contributed by atoms with van der Waals surface area (Å²) in [6.07, 6.45) is 5.14. The number of hydrogen-bond acceptors (Lipinski definition) is 7. The molecule has 9 nitrogen and oxygen atoms in total. The van der Waals surface area contributed by atoms with E-state index in [2.05, 4.69) is 0 Å². The third-order valence-electron chi connectivity index (χ3n) is 7.09. The fraction of sp³-hybridized carbons (Fsp3) is 0.192. The number of nitrogens with zero attached hydrogens (tertiary/aromatic N) is 3. The molecule has 2 fully saturated rings. The summed E-state index contributed by atoms with van der Waals surface area (Å²) in [4.78, 5) is 55.0. The highest BCUT2D eigenvalue weighted by Gasteiger charge is 2.64. The van der Waals surface area contributed by atoms with Gasteiger partial charge in [0.25, 0.3) is 5.69 Å². The fourth-order valence-corrected chi connectivity index (χ4v) is 5.57. The van der Waals surface area contributed by atoms with Crippen molar-refractivity contribution in [3.05, 3.63) is 93.9 Å². The predicted molar refractivity (Wildman–Crippen MR) is 126 cm³/mol. The van der Waals surface area contributed by atoms with E-state index < -0.39 is 46.4 Å². The van der Waals surface area contributed by atoms with Gasteiger partial charge in [-0.05, 0) is 36.2 Å². The van der Waals surface area contributed by atoms with Gasteiger partial charge in [-0.3, -0.25) is 24.5 Å². The minimum absolute atomic E-state index is 0.103. The smallest absolute Gasteiger partial charge is 0.271 e. The van der Waals surface area contributed by atoms with Gasteiger partial charge in [0.05, 0.1) is 34.8 Å². The van der Waals surface area contributed by atoms with E-state index in [-0.39, 0.29) is 17.1 Å². The van der Waals surface area contributed by atoms with E-state index in [1.807, 2.05) is 41.3 Å². The number of amides is 2. The molecule has 6 rings (SSSR count). The Hall–Kier alpha value is -4.53. The lowest BCUT2D eigenvalue weighted by molar-refractivity contribution is -0.384. The molecule has 0 saturated carbocycles. The van der Waals surface area contributed by atoms with Gasteiger partial charge in [-0.15, -0.1) is 0 Å². The van der Waals surface area contributed by atoms with Crippen molar-refractivity contribution in [2.75, 3.05) is 9.80 Å². The molecular weight excluding hydrogens is 450 g/mol. The monoisotopic (exact) mass is 469 g/mol. The Bertz CT molecular complexity index is 1440. The van der Waals surface area contributed by atoms with Crippen LogP contribution in [0.1, 0.15) is 21.7 Å². The molecule has 35 heavy (non-hydrogen) atoms. The number of fused-ring (bicyclic) bond motifs is 5. The van der Waals surface area contributed by atoms with Crippen molar-refractivity contribution in [2.24, 2.45) is 11.8 Å². The molecule has 0 bridgehead atoms. The summed E-state index contributed by atoms with van der Waals surface area (Å²) in [5.41, 5.74) is 2.14. The Balaban J connectivity index is 1.50. The van der Waals surface area contributed by atoms with Crippen molar-refractivity contribution >= 4 is 40.7 Å². The van der Waals surface area contributed by atoms with E-state index in [1.165, 1.54) is 24.5 Å². The number of para-hydroxylation sites is 1. The number of imide groups is 1. The first-order valence-electron chi connectivity index (χ1n) is 11.1. The van der Waals surface area contributed by atoms with E-state index >= 15 is 0 Å². The number of benzene rings is 2. The molecule has 2 amide bonds. The number of anilines is 2. The third kappa shape index (κ3) is 2.91. The Kier molecular flexibility index (Phi) is 4.50. The first kappa shape index (κ1) is 21.0. The van der Waals surface area contributed by atoms with Crippen LogP contribution in [0.25, 0.3) is 6.08 Å². The summed E-state index contributed by atoms with van der Waals surface area (Å²) < 4.78 is 5.38. The van der Waals surface area contributed by atoms with Crippen molar-refractivity contribution < 1.29 is 23.7 Å². The number of rotatable bonds is 4. The zero-order chi connectivity index (χ0) is 24.4. The fourth-order valence-electron chi connectivity index (χ4n) is 5.57. The minimum Gasteiger partial charge on any atom is -0.461 e. The SMILES string of the molecule is Cc1ccc([N+](=O)[O-])cc1N1C(=O)[C@@H]2[C@H](C1=O)[C@H]1C=Cc3ccccc3N1[C@@H]2C(=O)c1ccco1. The largest absolute Gasteiger partial charge is 0.461 e. The molecular formula is C26H19N3O6. The molecule has 4 atom stereocenters. The number of nitro benzene ring substituents is 1. The molecule has 2 saturated heterocycles. The summed E-state index contributed by atoms with van der Waals surface area (Å²) >= 11 is 0. The van der Waals surface area contributed by atoms with Crippen LogP contribution < -0.4 is 9.80 Å². The molecule has 174 valence electrons. The second kappa shape index (κ2) is 7.49. The van der Waals surface area contributed by atoms with Crippen molar-refractivity contribution in [2.45, 2.75) is 19.0 Å². The van der Waals surface area contributed by atoms with Crippen molar-refractivity contribution in [1.82, 2.24) is 0 Å². The van der Waals surface area contributed by atoms with E-state index in [0.717, 1.165) is 16.2 Å². The van der Waals surface area contributed by atoms with Gasteiger partial charge < -0.3 is 9.32 Å². The minimum atomic E-state index is -0.973. The lowest BCUT2D eigenvalue weighted by Gasteiger charge is -2.36. The molecule has 0 aliphatic carbocycles. The van der Waals surface area contributed by atoms with Gasteiger partial charge >= 0.3 is 0 Å². The van der Waals surface area contributed by atoms with Gasteiger partial charge in [-0.25, -0.2) is 4.90 Å². The van der Waals surface area contributed by atoms with E-state index in [4.69, 9.17) is 4.42 Å². The van der Waals surface area contributed by atoms with Crippen LogP contribution in [0.3, 0.4) is 0 Å². The number of aryl methyl sites for hydroxylation is 1. The molecule has 3 aromatic rings. The zero-order valence-electron chi connectivity index (χ0n) is 18.5. The molecule has 3 aliphatic heterocycles. The number of nitro groups is 1. The predicted octanol–water partition coefficient (Wildman–Crippen LogP) is 3.77. The maximum absolute atomic E-state index is 13.9. The van der Waals surface area contributed by atoms with Crippen LogP contribution in [-0.2, 0) is 9.59 Å². The van der Waals surface area contributed by atoms with E-state index in [9.17, 15) is 24.5 Å². The highest BCUT2D eigenvalue weighted by atomic mass is 16.6. The number of Topliss-reactive ketones (excluding diaryl/α,β-unsaturated/α-hetero) is 1. The quantitative estimate of drug-likeness (QED) is 0.247. The molecule has 1 aromatic heterocycles. The molecule has 0 radical (unpaired) electrons. The van der Waals surface area contributed by atoms with Crippen LogP contribution >= 0.6 is 0 Å². The van der Waals surface area contributed by atoms with Gasteiger partial charge in [0, 0.05) is 17.8 Å². The molecule has 9 heteroatoms. The van der Waals surface area contributed by atoms with Gasteiger partial charge in [0.15, 0.2) is 5.76 Å². The maximum atomic E-state index is 13.9. The highest BCUT2D eigenvalue weighted by Crippen LogP contribution is 2.50. The summed E-state index contributed by atoms with van der Waals surface area (Å²) in [7, 11) is 0. The van der Waals surface area contributed by atoms with Crippen LogP contribution in [0.2, 0.25) is 0 Å². The van der Waals surface area contributed by atoms with Crippen molar-refractivity contribution in [3.8, 4) is 0 Å². The molecule has 0 N–H and O–H groups in total. The highest BCUT2D eigenvalue weighted by molar-refractivity contribution is 6.25. The Morgan fingerprint density at radius 1 is 1.00 bits per heavy atom. The summed E-state index contributed by atoms with van der Waals surface area (Å²) in [6.45, 7) is 1.68. The molecule has 0 spiro atoms. The standard InChI is InChI=1S/C26H19N3O6/c1-14-8-10-16(29(33)34)13-19(14)28-25(31)21-18-11-9-15-5-2-3-6-17(15)27(18)23(22(21)26(28)32)24(30)20-7-4-12-35-20/h2-13,18,21-23H,1H3/t18-,21-,22-,23+/m1/s1. The average Bonchev–Trinajstić information content (AvgIpc) is 3.56. The van der Waals surface area contributed by atoms with Crippen LogP contribution in [-0.4, -0.2) is 34.6 Å². The van der Waals surface area contributed by atoms with Gasteiger partial charge in [-0.1, -0.05) is 36.4 Å². The number of hydrogen-bond donors (Lipinski definition) is 0. The topological polar surface area (TPSA) is 114 Å². The average molecular weight is 469 g/mol. The first-order valence-corrected chi connectivity index (χ1v) is 11.1. The maximum Gasteiger partial charge on any atom is 0.271 e. The number of furan rings is 1. The van der Waals surface area contributed by atoms with Crippen LogP contribution in [0.4, 0.5) is 17.1 Å². The van der Waals surface area contributed by atoms with E-state index in [0.29, 0.717) is 5.56 Å². The molecule has 2 aromatic carbocycles. The Morgan fingerprint density at radius 2 is 1.77 bits per heavy atom. The van der Waals surface area contributed by atoms with Crippen LogP contribution in [0.15, 0.2) is 71.4 Å². The molecule has 0 unspecified atom stereocenters. The number of carbonyl (C=O) groups is 3. The summed E-state index contributed by atoms with van der Waals surface area (Å²) in [6, 6.07) is 13.2. The third-order valence-corrected chi connectivity index (χ3v) is 7.09. The Labute approximate surface area is 199 Å². The van der Waals surface area contributed by atoms with Crippen LogP contribution in [0.5, 0.6) is 0 Å². The van der Waals surface area contributed by atoms with Gasteiger partial charge in [0.2, 0.25) is 17.6 Å². The zero-order valence-corrected chi connectivity index (χ0v) is 18.5. The number of ketones is 1. The first-order chi connectivity index (χ1) is 16.9. The Morgan fingerprint density at radius 3 is 2.51 bits per heavy atom. The lowest BCUT2D eigenvalue weighted by Crippen LogP contribution is -2.48. The second-order valence-corrected chi connectivity index (χ2v) is 8.89. The van der Waals surface area contributed by atoms with Gasteiger partial charge in [0.1, 0.15) is 6.04 Å². The van der Waals surface area contributed by atoms with E-state index in [1.54, 1.807) is 19.1 Å². The summed E-state index contributed by atoms with van der Waals surface area (Å²) in [5.74, 6) is -3.11. The number of non-ortho nitro benzene ring substituents is 1. The summed E-state index contributed by atoms with van der Waals surface area (Å²) in [5, 5.41) is 11.4.